The van der Waals surface area contributed by atoms with Gasteiger partial charge in [-0.05, 0) is 44.5 Å². The molecular formula is C19H25N3O3. The number of piperazine rings is 1. The molecule has 1 aromatic heterocycles. The highest BCUT2D eigenvalue weighted by atomic mass is 16.5. The van der Waals surface area contributed by atoms with Crippen molar-refractivity contribution in [3.05, 3.63) is 41.3 Å². The second-order valence-electron chi connectivity index (χ2n) is 6.37. The molecule has 0 saturated carbocycles. The van der Waals surface area contributed by atoms with Crippen LogP contribution in [0.4, 0.5) is 5.69 Å². The number of hydrogen-bond donors (Lipinski definition) is 0. The Labute approximate surface area is 148 Å². The largest absolute Gasteiger partial charge is 0.497 e. The number of carbonyl (C=O) groups excluding carboxylic acids is 1. The van der Waals surface area contributed by atoms with Gasteiger partial charge in [0, 0.05) is 43.9 Å². The predicted molar refractivity (Wildman–Crippen MR) is 96.1 cm³/mol. The second-order valence-corrected chi connectivity index (χ2v) is 6.37. The second kappa shape index (κ2) is 7.59. The Morgan fingerprint density at radius 3 is 2.40 bits per heavy atom. The van der Waals surface area contributed by atoms with Gasteiger partial charge in [0.2, 0.25) is 5.91 Å². The standard InChI is InChI=1S/C19H25N3O3/c1-14-18(15(2)25-20-14)8-9-19(23)22-12-10-21(11-13-22)16-4-6-17(24-3)7-5-16/h4-7H,8-13H2,1-3H3. The van der Waals surface area contributed by atoms with Crippen molar-refractivity contribution < 1.29 is 14.1 Å². The molecular weight excluding hydrogens is 318 g/mol. The van der Waals surface area contributed by atoms with Crippen LogP contribution in [0, 0.1) is 13.8 Å². The van der Waals surface area contributed by atoms with Crippen molar-refractivity contribution in [3.63, 3.8) is 0 Å². The molecule has 1 aliphatic rings. The van der Waals surface area contributed by atoms with Crippen LogP contribution in [0.25, 0.3) is 0 Å². The summed E-state index contributed by atoms with van der Waals surface area (Å²) in [5, 5.41) is 3.95. The summed E-state index contributed by atoms with van der Waals surface area (Å²) >= 11 is 0. The van der Waals surface area contributed by atoms with Crippen LogP contribution in [0.1, 0.15) is 23.4 Å². The first kappa shape index (κ1) is 17.3. The number of anilines is 1. The molecule has 6 heteroatoms. The van der Waals surface area contributed by atoms with Crippen LogP contribution in [0.5, 0.6) is 5.75 Å². The maximum Gasteiger partial charge on any atom is 0.223 e. The third kappa shape index (κ3) is 3.95. The molecule has 0 N–H and O–H groups in total. The van der Waals surface area contributed by atoms with Gasteiger partial charge in [-0.1, -0.05) is 5.16 Å². The van der Waals surface area contributed by atoms with E-state index in [-0.39, 0.29) is 5.91 Å². The van der Waals surface area contributed by atoms with Crippen LogP contribution in [-0.2, 0) is 11.2 Å². The molecule has 1 aliphatic heterocycles. The van der Waals surface area contributed by atoms with E-state index >= 15 is 0 Å². The van der Waals surface area contributed by atoms with E-state index in [0.29, 0.717) is 12.8 Å². The summed E-state index contributed by atoms with van der Waals surface area (Å²) in [6, 6.07) is 8.06. The molecule has 2 aromatic rings. The molecule has 25 heavy (non-hydrogen) atoms. The summed E-state index contributed by atoms with van der Waals surface area (Å²) in [6.07, 6.45) is 1.20. The van der Waals surface area contributed by atoms with Crippen LogP contribution in [0.15, 0.2) is 28.8 Å². The van der Waals surface area contributed by atoms with Gasteiger partial charge >= 0.3 is 0 Å². The van der Waals surface area contributed by atoms with E-state index < -0.39 is 0 Å². The summed E-state index contributed by atoms with van der Waals surface area (Å²) in [5.41, 5.74) is 3.11. The number of amides is 1. The molecule has 1 saturated heterocycles. The molecule has 134 valence electrons. The van der Waals surface area contributed by atoms with Crippen LogP contribution in [0.3, 0.4) is 0 Å². The fourth-order valence-electron chi connectivity index (χ4n) is 3.26. The molecule has 3 rings (SSSR count). The van der Waals surface area contributed by atoms with Gasteiger partial charge in [0.15, 0.2) is 0 Å². The van der Waals surface area contributed by atoms with Gasteiger partial charge in [0.1, 0.15) is 11.5 Å². The smallest absolute Gasteiger partial charge is 0.223 e. The number of carbonyl (C=O) groups is 1. The van der Waals surface area contributed by atoms with Gasteiger partial charge in [-0.2, -0.15) is 0 Å². The Balaban J connectivity index is 1.50. The van der Waals surface area contributed by atoms with Gasteiger partial charge in [-0.3, -0.25) is 4.79 Å². The lowest BCUT2D eigenvalue weighted by molar-refractivity contribution is -0.131. The Morgan fingerprint density at radius 2 is 1.84 bits per heavy atom. The van der Waals surface area contributed by atoms with E-state index in [0.717, 1.165) is 48.9 Å². The number of aryl methyl sites for hydroxylation is 2. The molecule has 1 aromatic carbocycles. The van der Waals surface area contributed by atoms with E-state index in [1.807, 2.05) is 30.9 Å². The van der Waals surface area contributed by atoms with Gasteiger partial charge < -0.3 is 19.1 Å². The first-order valence-corrected chi connectivity index (χ1v) is 8.67. The average molecular weight is 343 g/mol. The highest BCUT2D eigenvalue weighted by Crippen LogP contribution is 2.21. The minimum absolute atomic E-state index is 0.203. The van der Waals surface area contributed by atoms with Gasteiger partial charge in [-0.25, -0.2) is 0 Å². The monoisotopic (exact) mass is 343 g/mol. The maximum atomic E-state index is 12.5. The zero-order chi connectivity index (χ0) is 17.8. The van der Waals surface area contributed by atoms with Crippen molar-refractivity contribution in [2.24, 2.45) is 0 Å². The topological polar surface area (TPSA) is 58.8 Å². The molecule has 0 spiro atoms. The first-order chi connectivity index (χ1) is 12.1. The van der Waals surface area contributed by atoms with Crippen molar-refractivity contribution in [1.82, 2.24) is 10.1 Å². The number of nitrogens with zero attached hydrogens (tertiary/aromatic N) is 3. The minimum Gasteiger partial charge on any atom is -0.497 e. The summed E-state index contributed by atoms with van der Waals surface area (Å²) in [4.78, 5) is 16.7. The Kier molecular flexibility index (Phi) is 5.26. The van der Waals surface area contributed by atoms with Crippen LogP contribution >= 0.6 is 0 Å². The van der Waals surface area contributed by atoms with E-state index in [4.69, 9.17) is 9.26 Å². The fraction of sp³-hybridized carbons (Fsp3) is 0.474. The van der Waals surface area contributed by atoms with Gasteiger partial charge in [0.25, 0.3) is 0 Å². The number of rotatable bonds is 5. The van der Waals surface area contributed by atoms with Gasteiger partial charge in [-0.15, -0.1) is 0 Å². The third-order valence-electron chi connectivity index (χ3n) is 4.84. The van der Waals surface area contributed by atoms with E-state index in [1.165, 1.54) is 5.69 Å². The molecule has 0 atom stereocenters. The molecule has 1 amide bonds. The number of ether oxygens (including phenoxy) is 1. The average Bonchev–Trinajstić information content (AvgIpc) is 2.98. The van der Waals surface area contributed by atoms with Crippen molar-refractivity contribution in [2.75, 3.05) is 38.2 Å². The number of methoxy groups -OCH3 is 1. The van der Waals surface area contributed by atoms with Crippen molar-refractivity contribution in [2.45, 2.75) is 26.7 Å². The quantitative estimate of drug-likeness (QED) is 0.835. The molecule has 6 nitrogen and oxygen atoms in total. The zero-order valence-corrected chi connectivity index (χ0v) is 15.1. The lowest BCUT2D eigenvalue weighted by Gasteiger charge is -2.36. The number of benzene rings is 1. The van der Waals surface area contributed by atoms with Crippen LogP contribution < -0.4 is 9.64 Å². The normalized spacial score (nSPS) is 14.7. The van der Waals surface area contributed by atoms with Crippen molar-refractivity contribution in [1.29, 1.82) is 0 Å². The Hall–Kier alpha value is -2.50. The summed E-state index contributed by atoms with van der Waals surface area (Å²) in [5.74, 6) is 1.88. The highest BCUT2D eigenvalue weighted by molar-refractivity contribution is 5.77. The number of aromatic nitrogens is 1. The molecule has 0 radical (unpaired) electrons. The molecule has 2 heterocycles. The maximum absolute atomic E-state index is 12.5. The highest BCUT2D eigenvalue weighted by Gasteiger charge is 2.22. The molecule has 0 unspecified atom stereocenters. The third-order valence-corrected chi connectivity index (χ3v) is 4.84. The number of hydrogen-bond acceptors (Lipinski definition) is 5. The lowest BCUT2D eigenvalue weighted by atomic mass is 10.1. The lowest BCUT2D eigenvalue weighted by Crippen LogP contribution is -2.48. The predicted octanol–water partition coefficient (Wildman–Crippen LogP) is 2.58. The van der Waals surface area contributed by atoms with Crippen molar-refractivity contribution in [3.8, 4) is 5.75 Å². The van der Waals surface area contributed by atoms with Crippen LogP contribution in [0.2, 0.25) is 0 Å². The van der Waals surface area contributed by atoms with Gasteiger partial charge in [0.05, 0.1) is 12.8 Å². The van der Waals surface area contributed by atoms with E-state index in [1.54, 1.807) is 7.11 Å². The van der Waals surface area contributed by atoms with Crippen LogP contribution in [-0.4, -0.2) is 49.3 Å². The zero-order valence-electron chi connectivity index (χ0n) is 15.1. The van der Waals surface area contributed by atoms with Crippen molar-refractivity contribution >= 4 is 11.6 Å². The molecule has 1 fully saturated rings. The Bertz CT molecular complexity index is 697. The SMILES string of the molecule is COc1ccc(N2CCN(C(=O)CCc3c(C)noc3C)CC2)cc1. The minimum atomic E-state index is 0.203. The van der Waals surface area contributed by atoms with E-state index in [9.17, 15) is 4.79 Å². The first-order valence-electron chi connectivity index (χ1n) is 8.67. The summed E-state index contributed by atoms with van der Waals surface area (Å²) in [7, 11) is 1.67. The van der Waals surface area contributed by atoms with E-state index in [2.05, 4.69) is 22.2 Å². The fourth-order valence-corrected chi connectivity index (χ4v) is 3.26. The Morgan fingerprint density at radius 1 is 1.16 bits per heavy atom. The molecule has 0 bridgehead atoms. The summed E-state index contributed by atoms with van der Waals surface area (Å²) in [6.45, 7) is 7.03. The summed E-state index contributed by atoms with van der Waals surface area (Å²) < 4.78 is 10.4. The molecule has 0 aliphatic carbocycles.